The minimum atomic E-state index is -1.58. The summed E-state index contributed by atoms with van der Waals surface area (Å²) < 4.78 is 10.3. The number of ether oxygens (including phenoxy) is 2. The van der Waals surface area contributed by atoms with Crippen molar-refractivity contribution >= 4 is 63.7 Å². The Balaban J connectivity index is 1.82. The van der Waals surface area contributed by atoms with E-state index in [4.69, 9.17) is 20.0 Å². The lowest BCUT2D eigenvalue weighted by Crippen LogP contribution is -2.71. The highest BCUT2D eigenvalue weighted by Crippen LogP contribution is 2.40. The Morgan fingerprint density at radius 1 is 1.26 bits per heavy atom. The van der Waals surface area contributed by atoms with E-state index >= 15 is 0 Å². The van der Waals surface area contributed by atoms with Crippen molar-refractivity contribution < 1.29 is 43.4 Å². The summed E-state index contributed by atoms with van der Waals surface area (Å²) >= 11 is 2.24. The van der Waals surface area contributed by atoms with E-state index in [1.165, 1.54) is 37.9 Å². The molecule has 39 heavy (non-hydrogen) atoms. The second kappa shape index (κ2) is 11.2. The molecule has 0 spiro atoms. The maximum absolute atomic E-state index is 13.3. The van der Waals surface area contributed by atoms with Gasteiger partial charge in [0.15, 0.2) is 10.8 Å². The molecule has 0 radical (unpaired) electrons. The number of hydrogen-bond donors (Lipinski definition) is 3. The molecule has 3 rings (SSSR count). The van der Waals surface area contributed by atoms with Crippen molar-refractivity contribution in [2.75, 3.05) is 18.1 Å². The maximum atomic E-state index is 13.3. The van der Waals surface area contributed by atoms with E-state index in [9.17, 15) is 29.1 Å². The Morgan fingerprint density at radius 3 is 2.46 bits per heavy atom. The van der Waals surface area contributed by atoms with Crippen LogP contribution in [0.15, 0.2) is 21.8 Å². The van der Waals surface area contributed by atoms with Gasteiger partial charge in [-0.15, -0.1) is 23.1 Å². The van der Waals surface area contributed by atoms with Crippen molar-refractivity contribution in [2.24, 2.45) is 5.16 Å². The van der Waals surface area contributed by atoms with E-state index in [0.717, 1.165) is 16.2 Å². The van der Waals surface area contributed by atoms with Crippen LogP contribution < -0.4 is 11.1 Å². The molecule has 16 heteroatoms. The molecule has 0 aromatic carbocycles. The third-order valence-electron chi connectivity index (χ3n) is 5.22. The Hall–Kier alpha value is -3.66. The second-order valence-corrected chi connectivity index (χ2v) is 12.0. The SMILES string of the molecule is CC(=O)OCC1=C(C(=O)O)N2C(=O)C(NC(=O)/C(=N\OC(C)(C)C(=O)OC(C)(C)C)c3csc(N)n3)C2SC1. The lowest BCUT2D eigenvalue weighted by atomic mass is 10.0. The Kier molecular flexibility index (Phi) is 8.60. The number of oxime groups is 1. The summed E-state index contributed by atoms with van der Waals surface area (Å²) in [5.74, 6) is -4.05. The minimum Gasteiger partial charge on any atom is -0.477 e. The van der Waals surface area contributed by atoms with Crippen molar-refractivity contribution in [1.29, 1.82) is 0 Å². The average Bonchev–Trinajstić information content (AvgIpc) is 3.24. The van der Waals surface area contributed by atoms with Crippen molar-refractivity contribution in [3.8, 4) is 0 Å². The van der Waals surface area contributed by atoms with Crippen LogP contribution in [0.3, 0.4) is 0 Å². The van der Waals surface area contributed by atoms with E-state index in [-0.39, 0.29) is 40.2 Å². The topological polar surface area (TPSA) is 200 Å². The first kappa shape index (κ1) is 29.9. The fourth-order valence-corrected chi connectivity index (χ4v) is 5.27. The minimum absolute atomic E-state index is 0.0460. The van der Waals surface area contributed by atoms with Crippen LogP contribution in [0.5, 0.6) is 0 Å². The fourth-order valence-electron chi connectivity index (χ4n) is 3.39. The molecule has 1 aromatic rings. The van der Waals surface area contributed by atoms with Crippen molar-refractivity contribution in [2.45, 2.75) is 64.2 Å². The number of carbonyl (C=O) groups excluding carboxylic acids is 4. The second-order valence-electron chi connectivity index (χ2n) is 10.0. The Morgan fingerprint density at radius 2 is 1.92 bits per heavy atom. The molecule has 1 saturated heterocycles. The lowest BCUT2D eigenvalue weighted by Gasteiger charge is -2.49. The van der Waals surface area contributed by atoms with E-state index in [2.05, 4.69) is 15.5 Å². The zero-order chi connectivity index (χ0) is 29.3. The molecule has 0 aliphatic carbocycles. The number of carboxylic acid groups (broad SMARTS) is 1. The molecule has 1 fully saturated rings. The quantitative estimate of drug-likeness (QED) is 0.161. The van der Waals surface area contributed by atoms with Gasteiger partial charge in [0.25, 0.3) is 11.8 Å². The third-order valence-corrected chi connectivity index (χ3v) is 7.23. The van der Waals surface area contributed by atoms with Gasteiger partial charge in [-0.25, -0.2) is 14.6 Å². The van der Waals surface area contributed by atoms with Crippen LogP contribution in [0, 0.1) is 0 Å². The molecule has 2 amide bonds. The van der Waals surface area contributed by atoms with Gasteiger partial charge in [0, 0.05) is 23.6 Å². The van der Waals surface area contributed by atoms with Gasteiger partial charge in [-0.3, -0.25) is 19.3 Å². The highest BCUT2D eigenvalue weighted by atomic mass is 32.2. The number of fused-ring (bicyclic) bond motifs is 1. The average molecular weight is 584 g/mol. The van der Waals surface area contributed by atoms with Gasteiger partial charge in [-0.2, -0.15) is 0 Å². The van der Waals surface area contributed by atoms with Crippen LogP contribution in [-0.4, -0.2) is 85.4 Å². The molecule has 14 nitrogen and oxygen atoms in total. The number of amides is 2. The van der Waals surface area contributed by atoms with Gasteiger partial charge in [-0.05, 0) is 34.6 Å². The van der Waals surface area contributed by atoms with Gasteiger partial charge in [-0.1, -0.05) is 5.16 Å². The van der Waals surface area contributed by atoms with Crippen molar-refractivity contribution in [3.05, 3.63) is 22.3 Å². The first-order valence-corrected chi connectivity index (χ1v) is 13.5. The van der Waals surface area contributed by atoms with Gasteiger partial charge < -0.3 is 30.5 Å². The largest absolute Gasteiger partial charge is 0.477 e. The fraction of sp³-hybridized carbons (Fsp3) is 0.522. The number of nitrogens with two attached hydrogens (primary N) is 1. The number of β-lactam (4-membered cyclic amide) rings is 1. The third kappa shape index (κ3) is 6.86. The molecule has 2 unspecified atom stereocenters. The number of nitrogen functional groups attached to an aromatic ring is 1. The molecule has 212 valence electrons. The van der Waals surface area contributed by atoms with E-state index in [0.29, 0.717) is 0 Å². The first-order chi connectivity index (χ1) is 18.0. The Labute approximate surface area is 231 Å². The molecule has 1 aromatic heterocycles. The molecular formula is C23H29N5O9S2. The number of thioether (sulfide) groups is 1. The van der Waals surface area contributed by atoms with Crippen LogP contribution in [0.4, 0.5) is 5.13 Å². The zero-order valence-corrected chi connectivity index (χ0v) is 23.7. The maximum Gasteiger partial charge on any atom is 0.353 e. The van der Waals surface area contributed by atoms with E-state index < -0.39 is 52.3 Å². The van der Waals surface area contributed by atoms with Gasteiger partial charge >= 0.3 is 17.9 Å². The number of thiazole rings is 1. The Bertz CT molecular complexity index is 1260. The standard InChI is InChI=1S/C23H29N5O9S2/c1-10(29)35-7-11-8-38-18-14(17(31)28(18)15(11)19(32)33)26-16(30)13(12-9-39-21(24)25-12)27-37-23(5,6)20(34)36-22(2,3)4/h9,14,18H,7-8H2,1-6H3,(H2,24,25)(H,26,30)(H,32,33)/b27-13-. The summed E-state index contributed by atoms with van der Waals surface area (Å²) in [4.78, 5) is 72.4. The number of aliphatic carboxylic acids is 1. The van der Waals surface area contributed by atoms with Crippen LogP contribution in [0.1, 0.15) is 47.2 Å². The van der Waals surface area contributed by atoms with Gasteiger partial charge in [0.1, 0.15) is 35.0 Å². The lowest BCUT2D eigenvalue weighted by molar-refractivity contribution is -0.179. The molecule has 0 bridgehead atoms. The molecule has 2 aliphatic rings. The van der Waals surface area contributed by atoms with E-state index in [1.54, 1.807) is 20.8 Å². The van der Waals surface area contributed by atoms with Crippen LogP contribution in [-0.2, 0) is 38.3 Å². The number of hydrogen-bond acceptors (Lipinski definition) is 13. The molecule has 0 saturated carbocycles. The summed E-state index contributed by atoms with van der Waals surface area (Å²) in [7, 11) is 0. The molecular weight excluding hydrogens is 554 g/mol. The number of esters is 2. The predicted octanol–water partition coefficient (Wildman–Crippen LogP) is 0.868. The molecule has 4 N–H and O–H groups in total. The van der Waals surface area contributed by atoms with Gasteiger partial charge in [0.2, 0.25) is 5.60 Å². The number of nitrogens with zero attached hydrogens (tertiary/aromatic N) is 3. The van der Waals surface area contributed by atoms with Crippen LogP contribution in [0.2, 0.25) is 0 Å². The molecule has 2 atom stereocenters. The van der Waals surface area contributed by atoms with E-state index in [1.807, 2.05) is 0 Å². The highest BCUT2D eigenvalue weighted by molar-refractivity contribution is 8.00. The normalized spacial score (nSPS) is 19.6. The van der Waals surface area contributed by atoms with Crippen LogP contribution >= 0.6 is 23.1 Å². The summed E-state index contributed by atoms with van der Waals surface area (Å²) in [6.07, 6.45) is 0. The van der Waals surface area contributed by atoms with Gasteiger partial charge in [0.05, 0.1) is 0 Å². The smallest absolute Gasteiger partial charge is 0.353 e. The summed E-state index contributed by atoms with van der Waals surface area (Å²) in [6, 6.07) is -1.09. The number of nitrogens with one attached hydrogen (secondary N) is 1. The highest BCUT2D eigenvalue weighted by Gasteiger charge is 2.54. The van der Waals surface area contributed by atoms with Crippen molar-refractivity contribution in [1.82, 2.24) is 15.2 Å². The number of rotatable bonds is 9. The summed E-state index contributed by atoms with van der Waals surface area (Å²) in [5.41, 5.74) is 3.00. The molecule has 3 heterocycles. The predicted molar refractivity (Wildman–Crippen MR) is 140 cm³/mol. The number of carbonyl (C=O) groups is 5. The summed E-state index contributed by atoms with van der Waals surface area (Å²) in [5, 5.41) is 17.0. The first-order valence-electron chi connectivity index (χ1n) is 11.6. The monoisotopic (exact) mass is 583 g/mol. The van der Waals surface area contributed by atoms with Crippen LogP contribution in [0.25, 0.3) is 0 Å². The number of anilines is 1. The summed E-state index contributed by atoms with van der Waals surface area (Å²) in [6.45, 7) is 8.80. The molecule has 2 aliphatic heterocycles. The number of aromatic nitrogens is 1. The number of carboxylic acids is 1. The van der Waals surface area contributed by atoms with Crippen molar-refractivity contribution in [3.63, 3.8) is 0 Å². The zero-order valence-electron chi connectivity index (χ0n) is 22.1.